The van der Waals surface area contributed by atoms with Crippen molar-refractivity contribution in [1.29, 1.82) is 0 Å². The first-order valence-corrected chi connectivity index (χ1v) is 11.9. The van der Waals surface area contributed by atoms with Crippen LogP contribution in [-0.2, 0) is 14.8 Å². The quantitative estimate of drug-likeness (QED) is 0.675. The molecule has 1 saturated heterocycles. The average molecular weight is 452 g/mol. The Morgan fingerprint density at radius 2 is 1.60 bits per heavy atom. The summed E-state index contributed by atoms with van der Waals surface area (Å²) in [6, 6.07) is 13.4. The molecule has 0 bridgehead atoms. The highest BCUT2D eigenvalue weighted by atomic mass is 35.5. The van der Waals surface area contributed by atoms with Gasteiger partial charge in [-0.15, -0.1) is 0 Å². The van der Waals surface area contributed by atoms with E-state index < -0.39 is 16.1 Å². The predicted octanol–water partition coefficient (Wildman–Crippen LogP) is 2.85. The normalized spacial score (nSPS) is 15.6. The van der Waals surface area contributed by atoms with Gasteiger partial charge >= 0.3 is 0 Å². The summed E-state index contributed by atoms with van der Waals surface area (Å²) in [5, 5.41) is 0.501. The van der Waals surface area contributed by atoms with Crippen LogP contribution in [0.3, 0.4) is 0 Å². The van der Waals surface area contributed by atoms with Gasteiger partial charge < -0.3 is 14.5 Å². The smallest absolute Gasteiger partial charge is 0.246 e. The number of benzene rings is 2. The maximum atomic E-state index is 13.1. The molecule has 0 radical (unpaired) electrons. The summed E-state index contributed by atoms with van der Waals surface area (Å²) >= 11 is 5.92. The van der Waals surface area contributed by atoms with Crippen molar-refractivity contribution in [1.82, 2.24) is 4.90 Å². The largest absolute Gasteiger partial charge is 0.497 e. The summed E-state index contributed by atoms with van der Waals surface area (Å²) < 4.78 is 31.2. The molecular weight excluding hydrogens is 426 g/mol. The maximum Gasteiger partial charge on any atom is 0.246 e. The molecule has 3 rings (SSSR count). The van der Waals surface area contributed by atoms with E-state index in [0.717, 1.165) is 22.0 Å². The first-order valence-electron chi connectivity index (χ1n) is 9.63. The van der Waals surface area contributed by atoms with Gasteiger partial charge in [0.1, 0.15) is 11.8 Å². The Kier molecular flexibility index (Phi) is 6.77. The molecule has 0 unspecified atom stereocenters. The van der Waals surface area contributed by atoms with Crippen LogP contribution in [0.1, 0.15) is 6.92 Å². The van der Waals surface area contributed by atoms with Crippen molar-refractivity contribution in [2.45, 2.75) is 13.0 Å². The molecular formula is C21H26ClN3O4S. The number of carbonyl (C=O) groups is 1. The highest BCUT2D eigenvalue weighted by molar-refractivity contribution is 7.92. The summed E-state index contributed by atoms with van der Waals surface area (Å²) in [6.45, 7) is 4.00. The number of hydrogen-bond acceptors (Lipinski definition) is 5. The zero-order chi connectivity index (χ0) is 21.9. The number of halogens is 1. The summed E-state index contributed by atoms with van der Waals surface area (Å²) in [5.41, 5.74) is 1.48. The molecule has 0 spiro atoms. The minimum Gasteiger partial charge on any atom is -0.497 e. The summed E-state index contributed by atoms with van der Waals surface area (Å²) in [7, 11) is -2.02. The molecule has 0 aromatic heterocycles. The molecule has 1 fully saturated rings. The Balaban J connectivity index is 1.70. The Labute approximate surface area is 182 Å². The van der Waals surface area contributed by atoms with Crippen molar-refractivity contribution in [3.8, 4) is 5.75 Å². The van der Waals surface area contributed by atoms with E-state index in [1.54, 1.807) is 43.2 Å². The van der Waals surface area contributed by atoms with E-state index in [-0.39, 0.29) is 5.91 Å². The lowest BCUT2D eigenvalue weighted by molar-refractivity contribution is -0.132. The Morgan fingerprint density at radius 1 is 1.03 bits per heavy atom. The number of methoxy groups -OCH3 is 1. The van der Waals surface area contributed by atoms with E-state index in [1.165, 1.54) is 0 Å². The standard InChI is InChI=1S/C21H26ClN3O4S/c1-16(25(30(3,27)28)19-6-4-17(22)5-7-19)21(26)24-14-12-23(13-15-24)18-8-10-20(29-2)11-9-18/h4-11,16H,12-15H2,1-3H3/t16-/m1/s1. The number of carbonyl (C=O) groups excluding carboxylic acids is 1. The fraction of sp³-hybridized carbons (Fsp3) is 0.381. The van der Waals surface area contributed by atoms with Crippen molar-refractivity contribution in [2.24, 2.45) is 0 Å². The number of rotatable bonds is 6. The lowest BCUT2D eigenvalue weighted by Crippen LogP contribution is -2.55. The number of hydrogen-bond donors (Lipinski definition) is 0. The molecule has 1 amide bonds. The third-order valence-corrected chi connectivity index (χ3v) is 6.67. The van der Waals surface area contributed by atoms with Crippen LogP contribution in [0.15, 0.2) is 48.5 Å². The summed E-state index contributed by atoms with van der Waals surface area (Å²) in [6.07, 6.45) is 1.10. The van der Waals surface area contributed by atoms with Crippen molar-refractivity contribution in [3.05, 3.63) is 53.6 Å². The molecule has 2 aromatic carbocycles. The highest BCUT2D eigenvalue weighted by Gasteiger charge is 2.33. The molecule has 1 aliphatic heterocycles. The molecule has 7 nitrogen and oxygen atoms in total. The third-order valence-electron chi connectivity index (χ3n) is 5.18. The Bertz CT molecular complexity index is 972. The summed E-state index contributed by atoms with van der Waals surface area (Å²) in [5.74, 6) is 0.578. The van der Waals surface area contributed by atoms with Crippen molar-refractivity contribution >= 4 is 38.9 Å². The number of piperazine rings is 1. The average Bonchev–Trinajstić information content (AvgIpc) is 2.74. The number of amides is 1. The number of nitrogens with zero attached hydrogens (tertiary/aromatic N) is 3. The number of sulfonamides is 1. The van der Waals surface area contributed by atoms with E-state index in [9.17, 15) is 13.2 Å². The van der Waals surface area contributed by atoms with E-state index in [0.29, 0.717) is 36.9 Å². The van der Waals surface area contributed by atoms with Gasteiger partial charge in [0.05, 0.1) is 19.1 Å². The molecule has 1 atom stereocenters. The van der Waals surface area contributed by atoms with Gasteiger partial charge in [0.25, 0.3) is 0 Å². The lowest BCUT2D eigenvalue weighted by Gasteiger charge is -2.39. The first-order chi connectivity index (χ1) is 14.2. The SMILES string of the molecule is COc1ccc(N2CCN(C(=O)[C@@H](C)N(c3ccc(Cl)cc3)S(C)(=O)=O)CC2)cc1. The van der Waals surface area contributed by atoms with Gasteiger partial charge in [-0.05, 0) is 55.5 Å². The van der Waals surface area contributed by atoms with Crippen LogP contribution < -0.4 is 13.9 Å². The third kappa shape index (κ3) is 4.99. The second-order valence-electron chi connectivity index (χ2n) is 7.22. The van der Waals surface area contributed by atoms with Gasteiger partial charge in [-0.3, -0.25) is 9.10 Å². The monoisotopic (exact) mass is 451 g/mol. The van der Waals surface area contributed by atoms with Crippen LogP contribution in [0.25, 0.3) is 0 Å². The Morgan fingerprint density at radius 3 is 2.10 bits per heavy atom. The predicted molar refractivity (Wildman–Crippen MR) is 120 cm³/mol. The first kappa shape index (κ1) is 22.2. The molecule has 0 aliphatic carbocycles. The van der Waals surface area contributed by atoms with Crippen molar-refractivity contribution < 1.29 is 17.9 Å². The number of anilines is 2. The zero-order valence-corrected chi connectivity index (χ0v) is 18.9. The van der Waals surface area contributed by atoms with Crippen LogP contribution in [0.4, 0.5) is 11.4 Å². The molecule has 1 aliphatic rings. The van der Waals surface area contributed by atoms with Crippen molar-refractivity contribution in [3.63, 3.8) is 0 Å². The molecule has 9 heteroatoms. The minimum atomic E-state index is -3.65. The molecule has 2 aromatic rings. The Hall–Kier alpha value is -2.45. The molecule has 0 saturated carbocycles. The van der Waals surface area contributed by atoms with Gasteiger partial charge in [-0.1, -0.05) is 11.6 Å². The maximum absolute atomic E-state index is 13.1. The van der Waals surface area contributed by atoms with Gasteiger partial charge in [-0.25, -0.2) is 8.42 Å². The second-order valence-corrected chi connectivity index (χ2v) is 9.52. The van der Waals surface area contributed by atoms with Crippen LogP contribution in [0, 0.1) is 0 Å². The molecule has 30 heavy (non-hydrogen) atoms. The zero-order valence-electron chi connectivity index (χ0n) is 17.3. The fourth-order valence-corrected chi connectivity index (χ4v) is 4.93. The van der Waals surface area contributed by atoms with Crippen LogP contribution >= 0.6 is 11.6 Å². The fourth-order valence-electron chi connectivity index (χ4n) is 3.63. The topological polar surface area (TPSA) is 70.2 Å². The van der Waals surface area contributed by atoms with Gasteiger partial charge in [0.15, 0.2) is 0 Å². The van der Waals surface area contributed by atoms with Crippen LogP contribution in [0.5, 0.6) is 5.75 Å². The van der Waals surface area contributed by atoms with E-state index >= 15 is 0 Å². The second kappa shape index (κ2) is 9.14. The molecule has 162 valence electrons. The highest BCUT2D eigenvalue weighted by Crippen LogP contribution is 2.25. The van der Waals surface area contributed by atoms with E-state index in [4.69, 9.17) is 16.3 Å². The van der Waals surface area contributed by atoms with E-state index in [2.05, 4.69) is 4.90 Å². The molecule has 1 heterocycles. The van der Waals surface area contributed by atoms with E-state index in [1.807, 2.05) is 24.3 Å². The van der Waals surface area contributed by atoms with Gasteiger partial charge in [0.2, 0.25) is 15.9 Å². The number of ether oxygens (including phenoxy) is 1. The summed E-state index contributed by atoms with van der Waals surface area (Å²) in [4.78, 5) is 17.0. The minimum absolute atomic E-state index is 0.218. The van der Waals surface area contributed by atoms with Crippen LogP contribution in [-0.4, -0.2) is 64.8 Å². The molecule has 0 N–H and O–H groups in total. The van der Waals surface area contributed by atoms with Gasteiger partial charge in [-0.2, -0.15) is 0 Å². The van der Waals surface area contributed by atoms with Crippen molar-refractivity contribution in [2.75, 3.05) is 48.7 Å². The lowest BCUT2D eigenvalue weighted by atomic mass is 10.2. The van der Waals surface area contributed by atoms with Gasteiger partial charge in [0, 0.05) is 36.9 Å². The van der Waals surface area contributed by atoms with Crippen LogP contribution in [0.2, 0.25) is 5.02 Å².